The van der Waals surface area contributed by atoms with Crippen LogP contribution in [0.25, 0.3) is 10.9 Å². The van der Waals surface area contributed by atoms with E-state index in [0.29, 0.717) is 36.4 Å². The van der Waals surface area contributed by atoms with Crippen LogP contribution in [0.15, 0.2) is 30.3 Å². The first kappa shape index (κ1) is 29.5. The number of carbonyl (C=O) groups is 2. The molecule has 2 saturated heterocycles. The third-order valence-corrected chi connectivity index (χ3v) is 9.12. The summed E-state index contributed by atoms with van der Waals surface area (Å²) < 4.78 is 5.42. The molecule has 10 heteroatoms. The lowest BCUT2D eigenvalue weighted by Crippen LogP contribution is -2.42. The van der Waals surface area contributed by atoms with Crippen molar-refractivity contribution >= 4 is 28.7 Å². The Kier molecular flexibility index (Phi) is 10.3. The smallest absolute Gasteiger partial charge is 0.404 e. The second kappa shape index (κ2) is 14.3. The number of benzene rings is 1. The number of β-amino-alcohol motifs (C(OH)–C–C–N with tert-alkyl or cyclic N) is 1. The number of carboxylic acid groups (broad SMARTS) is 1. The second-order valence-corrected chi connectivity index (χ2v) is 12.1. The topological polar surface area (TPSA) is 127 Å². The number of carbonyl (C=O) groups excluding carboxylic acids is 1. The van der Waals surface area contributed by atoms with Gasteiger partial charge in [-0.15, -0.1) is 0 Å². The number of aliphatic hydroxyl groups excluding tert-OH is 1. The van der Waals surface area contributed by atoms with Gasteiger partial charge in [0.25, 0.3) is 5.91 Å². The van der Waals surface area contributed by atoms with E-state index in [-0.39, 0.29) is 12.0 Å². The van der Waals surface area contributed by atoms with Crippen molar-refractivity contribution in [1.82, 2.24) is 20.5 Å². The van der Waals surface area contributed by atoms with Gasteiger partial charge in [0.05, 0.1) is 30.4 Å². The van der Waals surface area contributed by atoms with Crippen molar-refractivity contribution in [1.29, 1.82) is 0 Å². The predicted octanol–water partition coefficient (Wildman–Crippen LogP) is 3.34. The Morgan fingerprint density at radius 1 is 0.927 bits per heavy atom. The highest BCUT2D eigenvalue weighted by Crippen LogP contribution is 2.30. The van der Waals surface area contributed by atoms with Crippen LogP contribution in [0.4, 0.5) is 10.6 Å². The number of hydrogen-bond donors (Lipinski definition) is 4. The minimum atomic E-state index is -0.967. The third-order valence-electron chi connectivity index (χ3n) is 9.12. The van der Waals surface area contributed by atoms with Gasteiger partial charge in [-0.2, -0.15) is 0 Å². The minimum Gasteiger partial charge on any atom is -0.465 e. The monoisotopic (exact) mass is 567 g/mol. The fourth-order valence-corrected chi connectivity index (χ4v) is 6.65. The molecule has 0 spiro atoms. The van der Waals surface area contributed by atoms with Gasteiger partial charge in [0.15, 0.2) is 0 Å². The molecule has 3 fully saturated rings. The number of aliphatic hydroxyl groups is 1. The molecule has 3 aliphatic rings. The molecule has 3 heterocycles. The Hall–Kier alpha value is -2.95. The molecular weight excluding hydrogens is 522 g/mol. The van der Waals surface area contributed by atoms with E-state index in [9.17, 15) is 14.7 Å². The van der Waals surface area contributed by atoms with Crippen LogP contribution in [0.1, 0.15) is 55.3 Å². The van der Waals surface area contributed by atoms with Crippen molar-refractivity contribution in [2.24, 2.45) is 17.8 Å². The Balaban J connectivity index is 1.15. The van der Waals surface area contributed by atoms with Crippen molar-refractivity contribution in [3.05, 3.63) is 35.9 Å². The molecule has 2 amide bonds. The second-order valence-electron chi connectivity index (χ2n) is 12.1. The van der Waals surface area contributed by atoms with Crippen LogP contribution in [-0.2, 0) is 4.74 Å². The standard InChI is InChI=1S/C31H45N5O5/c37-25(21-35-13-15-41-16-14-35)17-22-9-11-36(12-10-22)29-18-27(26-3-1-2-4-28(26)34-29)30(38)32-19-23-5-7-24(8-6-23)20-33-31(39)40/h1-4,18,22-25,33,37H,5-17,19-21H2,(H,32,38)(H,39,40). The summed E-state index contributed by atoms with van der Waals surface area (Å²) in [6, 6.07) is 9.78. The van der Waals surface area contributed by atoms with Gasteiger partial charge in [-0.1, -0.05) is 18.2 Å². The van der Waals surface area contributed by atoms with E-state index >= 15 is 0 Å². The third kappa shape index (κ3) is 8.30. The number of rotatable bonds is 10. The molecule has 2 aliphatic heterocycles. The number of aromatic nitrogens is 1. The average Bonchev–Trinajstić information content (AvgIpc) is 2.99. The van der Waals surface area contributed by atoms with Gasteiger partial charge in [0.1, 0.15) is 5.82 Å². The van der Waals surface area contributed by atoms with E-state index in [1.807, 2.05) is 30.3 Å². The normalized spacial score (nSPS) is 23.3. The summed E-state index contributed by atoms with van der Waals surface area (Å²) in [5, 5.41) is 26.1. The molecule has 10 nitrogen and oxygen atoms in total. The number of para-hydroxylation sites is 1. The molecule has 1 aromatic carbocycles. The maximum Gasteiger partial charge on any atom is 0.404 e. The highest BCUT2D eigenvalue weighted by Gasteiger charge is 2.26. The number of piperidine rings is 1. The van der Waals surface area contributed by atoms with Crippen LogP contribution in [0.2, 0.25) is 0 Å². The molecule has 4 N–H and O–H groups in total. The maximum absolute atomic E-state index is 13.4. The molecule has 0 radical (unpaired) electrons. The lowest BCUT2D eigenvalue weighted by atomic mass is 9.82. The summed E-state index contributed by atoms with van der Waals surface area (Å²) in [6.45, 7) is 6.87. The summed E-state index contributed by atoms with van der Waals surface area (Å²) in [5.41, 5.74) is 1.48. The van der Waals surface area contributed by atoms with Gasteiger partial charge in [0, 0.05) is 51.2 Å². The van der Waals surface area contributed by atoms with Crippen molar-refractivity contribution < 1.29 is 24.5 Å². The predicted molar refractivity (Wildman–Crippen MR) is 158 cm³/mol. The lowest BCUT2D eigenvalue weighted by molar-refractivity contribution is 0.00914. The maximum atomic E-state index is 13.4. The summed E-state index contributed by atoms with van der Waals surface area (Å²) in [6.07, 6.45) is 5.48. The fraction of sp³-hybridized carbons (Fsp3) is 0.645. The van der Waals surface area contributed by atoms with Crippen molar-refractivity contribution in [2.75, 3.05) is 63.9 Å². The van der Waals surface area contributed by atoms with E-state index in [0.717, 1.165) is 108 Å². The quantitative estimate of drug-likeness (QED) is 0.344. The van der Waals surface area contributed by atoms with Crippen molar-refractivity contribution in [2.45, 2.75) is 51.0 Å². The SMILES string of the molecule is O=C(O)NCC1CCC(CNC(=O)c2cc(N3CCC(CC(O)CN4CCOCC4)CC3)nc3ccccc23)CC1. The van der Waals surface area contributed by atoms with Crippen molar-refractivity contribution in [3.63, 3.8) is 0 Å². The van der Waals surface area contributed by atoms with Crippen LogP contribution in [0.5, 0.6) is 0 Å². The minimum absolute atomic E-state index is 0.0689. The first-order valence-corrected chi connectivity index (χ1v) is 15.3. The first-order chi connectivity index (χ1) is 19.9. The van der Waals surface area contributed by atoms with E-state index < -0.39 is 6.09 Å². The number of ether oxygens (including phenoxy) is 1. The Morgan fingerprint density at radius 3 is 2.27 bits per heavy atom. The average molecular weight is 568 g/mol. The van der Waals surface area contributed by atoms with Gasteiger partial charge >= 0.3 is 6.09 Å². The van der Waals surface area contributed by atoms with Gasteiger partial charge < -0.3 is 30.5 Å². The molecule has 1 unspecified atom stereocenters. The molecule has 2 aromatic rings. The molecular formula is C31H45N5O5. The Labute approximate surface area is 242 Å². The summed E-state index contributed by atoms with van der Waals surface area (Å²) in [5.74, 6) is 2.04. The van der Waals surface area contributed by atoms with Gasteiger partial charge in [-0.25, -0.2) is 9.78 Å². The number of nitrogens with one attached hydrogen (secondary N) is 2. The number of hydrogen-bond acceptors (Lipinski definition) is 7. The van der Waals surface area contributed by atoms with Crippen LogP contribution in [-0.4, -0.2) is 97.2 Å². The first-order valence-electron chi connectivity index (χ1n) is 15.3. The number of fused-ring (bicyclic) bond motifs is 1. The van der Waals surface area contributed by atoms with E-state index in [4.69, 9.17) is 14.8 Å². The summed E-state index contributed by atoms with van der Waals surface area (Å²) >= 11 is 0. The number of anilines is 1. The molecule has 0 bridgehead atoms. The molecule has 224 valence electrons. The largest absolute Gasteiger partial charge is 0.465 e. The fourth-order valence-electron chi connectivity index (χ4n) is 6.65. The van der Waals surface area contributed by atoms with Gasteiger partial charge in [0.2, 0.25) is 0 Å². The summed E-state index contributed by atoms with van der Waals surface area (Å²) in [4.78, 5) is 33.7. The molecule has 41 heavy (non-hydrogen) atoms. The van der Waals surface area contributed by atoms with Gasteiger partial charge in [-0.05, 0) is 74.8 Å². The number of amides is 2. The number of morpholine rings is 1. The zero-order chi connectivity index (χ0) is 28.6. The van der Waals surface area contributed by atoms with Crippen molar-refractivity contribution in [3.8, 4) is 0 Å². The van der Waals surface area contributed by atoms with Crippen LogP contribution >= 0.6 is 0 Å². The van der Waals surface area contributed by atoms with E-state index in [1.54, 1.807) is 0 Å². The summed E-state index contributed by atoms with van der Waals surface area (Å²) in [7, 11) is 0. The number of nitrogens with zero attached hydrogens (tertiary/aromatic N) is 3. The highest BCUT2D eigenvalue weighted by molar-refractivity contribution is 6.07. The molecule has 1 aliphatic carbocycles. The van der Waals surface area contributed by atoms with Crippen LogP contribution < -0.4 is 15.5 Å². The van der Waals surface area contributed by atoms with E-state index in [1.165, 1.54) is 0 Å². The molecule has 5 rings (SSSR count). The lowest BCUT2D eigenvalue weighted by Gasteiger charge is -2.35. The molecule has 1 saturated carbocycles. The number of pyridine rings is 1. The highest BCUT2D eigenvalue weighted by atomic mass is 16.5. The van der Waals surface area contributed by atoms with Gasteiger partial charge in [-0.3, -0.25) is 9.69 Å². The molecule has 1 aromatic heterocycles. The Bertz CT molecular complexity index is 1160. The van der Waals surface area contributed by atoms with E-state index in [2.05, 4.69) is 20.4 Å². The van der Waals surface area contributed by atoms with Crippen LogP contribution in [0.3, 0.4) is 0 Å². The molecule has 1 atom stereocenters. The zero-order valence-electron chi connectivity index (χ0n) is 24.0. The Morgan fingerprint density at radius 2 is 1.59 bits per heavy atom. The van der Waals surface area contributed by atoms with Crippen LogP contribution in [0, 0.1) is 17.8 Å². The zero-order valence-corrected chi connectivity index (χ0v) is 24.0.